The Labute approximate surface area is 273 Å². The van der Waals surface area contributed by atoms with Gasteiger partial charge >= 0.3 is 19.5 Å². The summed E-state index contributed by atoms with van der Waals surface area (Å²) in [6, 6.07) is 44.2. The van der Waals surface area contributed by atoms with Crippen molar-refractivity contribution in [3.8, 4) is 0 Å². The fourth-order valence-electron chi connectivity index (χ4n) is 3.45. The number of hydrogen-bond acceptors (Lipinski definition) is 4. The molecule has 0 aliphatic carbocycles. The standard InChI is InChI=1S/C26H24P2.2C5H10O2.Ru/c1-5-13-23(14-6-1)27(24-15-7-2-8-16-24)21-22-28(25-17-9-3-10-18-25)26-19-11-4-12-20-26;2*1-5(2,3)4(6)7;/h1-20H,21-22H2;2*1-3H3,(H,6,7);/q;;;+2/p-2. The van der Waals surface area contributed by atoms with Gasteiger partial charge in [-0.25, -0.2) is 0 Å². The number of carbonyl (C=O) groups excluding carboxylic acids is 2. The number of benzene rings is 4. The second-order valence-electron chi connectivity index (χ2n) is 11.7. The van der Waals surface area contributed by atoms with Crippen LogP contribution in [0.15, 0.2) is 121 Å². The van der Waals surface area contributed by atoms with Gasteiger partial charge in [0, 0.05) is 22.8 Å². The normalized spacial score (nSPS) is 10.9. The molecule has 0 N–H and O–H groups in total. The fourth-order valence-corrected chi connectivity index (χ4v) is 8.80. The van der Waals surface area contributed by atoms with E-state index >= 15 is 0 Å². The van der Waals surface area contributed by atoms with Crippen LogP contribution in [0, 0.1) is 10.8 Å². The molecule has 4 aromatic carbocycles. The molecule has 0 amide bonds. The molecule has 0 atom stereocenters. The summed E-state index contributed by atoms with van der Waals surface area (Å²) < 4.78 is 0. The summed E-state index contributed by atoms with van der Waals surface area (Å²) in [4.78, 5) is 19.8. The van der Waals surface area contributed by atoms with Gasteiger partial charge in [0.05, 0.1) is 0 Å². The maximum absolute atomic E-state index is 9.91. The van der Waals surface area contributed by atoms with E-state index in [1.807, 2.05) is 0 Å². The number of hydrogen-bond donors (Lipinski definition) is 0. The Hall–Kier alpha value is -2.70. The molecule has 0 aliphatic heterocycles. The van der Waals surface area contributed by atoms with Gasteiger partial charge < -0.3 is 19.8 Å². The zero-order valence-corrected chi connectivity index (χ0v) is 29.4. The van der Waals surface area contributed by atoms with Gasteiger partial charge in [-0.1, -0.05) is 163 Å². The van der Waals surface area contributed by atoms with Crippen LogP contribution in [0.2, 0.25) is 0 Å². The predicted molar refractivity (Wildman–Crippen MR) is 177 cm³/mol. The molecular formula is C36H42O4P2Ru. The summed E-state index contributed by atoms with van der Waals surface area (Å²) >= 11 is 0. The summed E-state index contributed by atoms with van der Waals surface area (Å²) in [5.74, 6) is -2.01. The number of rotatable bonds is 7. The van der Waals surface area contributed by atoms with E-state index in [0.29, 0.717) is 0 Å². The van der Waals surface area contributed by atoms with Crippen LogP contribution in [0.3, 0.4) is 0 Å². The average Bonchev–Trinajstić information content (AvgIpc) is 2.97. The van der Waals surface area contributed by atoms with Crippen molar-refractivity contribution < 1.29 is 39.3 Å². The monoisotopic (exact) mass is 702 g/mol. The van der Waals surface area contributed by atoms with Gasteiger partial charge in [-0.2, -0.15) is 0 Å². The summed E-state index contributed by atoms with van der Waals surface area (Å²) in [5.41, 5.74) is -1.39. The van der Waals surface area contributed by atoms with E-state index in [-0.39, 0.29) is 35.3 Å². The molecule has 0 heterocycles. The van der Waals surface area contributed by atoms with Crippen molar-refractivity contribution in [1.29, 1.82) is 0 Å². The first kappa shape index (κ1) is 38.3. The molecule has 4 aromatic rings. The van der Waals surface area contributed by atoms with Crippen molar-refractivity contribution in [2.75, 3.05) is 12.3 Å². The largest absolute Gasteiger partial charge is 2.00 e. The van der Waals surface area contributed by atoms with Crippen molar-refractivity contribution in [2.24, 2.45) is 10.8 Å². The van der Waals surface area contributed by atoms with E-state index in [1.54, 1.807) is 41.5 Å². The van der Waals surface area contributed by atoms with E-state index in [4.69, 9.17) is 0 Å². The Morgan fingerprint density at radius 2 is 0.628 bits per heavy atom. The summed E-state index contributed by atoms with van der Waals surface area (Å²) in [6.45, 7) is 9.60. The number of carboxylic acid groups (broad SMARTS) is 2. The van der Waals surface area contributed by atoms with Gasteiger partial charge in [0.25, 0.3) is 0 Å². The zero-order chi connectivity index (χ0) is 31.2. The molecule has 0 aliphatic rings. The molecule has 0 unspecified atom stereocenters. The molecule has 0 radical (unpaired) electrons. The molecule has 4 nitrogen and oxygen atoms in total. The Balaban J connectivity index is 0.000000516. The van der Waals surface area contributed by atoms with Crippen LogP contribution in [0.4, 0.5) is 0 Å². The van der Waals surface area contributed by atoms with Crippen LogP contribution in [0.1, 0.15) is 41.5 Å². The minimum Gasteiger partial charge on any atom is -0.550 e. The van der Waals surface area contributed by atoms with Crippen molar-refractivity contribution >= 4 is 49.0 Å². The average molecular weight is 702 g/mol. The molecule has 228 valence electrons. The third-order valence-corrected chi connectivity index (χ3v) is 11.4. The maximum Gasteiger partial charge on any atom is 2.00 e. The minimum atomic E-state index is -1.01. The first-order valence-corrected chi connectivity index (χ1v) is 17.0. The number of carboxylic acids is 2. The van der Waals surface area contributed by atoms with Gasteiger partial charge in [-0.3, -0.25) is 0 Å². The molecule has 4 rings (SSSR count). The van der Waals surface area contributed by atoms with Crippen molar-refractivity contribution in [3.63, 3.8) is 0 Å². The molecule has 7 heteroatoms. The number of aliphatic carboxylic acids is 2. The molecule has 0 aromatic heterocycles. The smallest absolute Gasteiger partial charge is 0.550 e. The third kappa shape index (κ3) is 14.1. The van der Waals surface area contributed by atoms with Gasteiger partial charge in [0.15, 0.2) is 0 Å². The van der Waals surface area contributed by atoms with Gasteiger partial charge in [-0.05, 0) is 49.4 Å². The zero-order valence-electron chi connectivity index (χ0n) is 25.8. The van der Waals surface area contributed by atoms with Crippen molar-refractivity contribution in [2.45, 2.75) is 41.5 Å². The molecule has 0 saturated carbocycles. The van der Waals surface area contributed by atoms with Gasteiger partial charge in [-0.15, -0.1) is 0 Å². The van der Waals surface area contributed by atoms with Crippen LogP contribution in [0.25, 0.3) is 0 Å². The van der Waals surface area contributed by atoms with Gasteiger partial charge in [0.1, 0.15) is 0 Å². The van der Waals surface area contributed by atoms with Crippen LogP contribution >= 0.6 is 15.8 Å². The van der Waals surface area contributed by atoms with E-state index in [1.165, 1.54) is 33.5 Å². The van der Waals surface area contributed by atoms with E-state index < -0.39 is 22.8 Å². The Kier molecular flexibility index (Phi) is 16.8. The molecule has 43 heavy (non-hydrogen) atoms. The SMILES string of the molecule is CC(C)(C)C(=O)[O-].CC(C)(C)C(=O)[O-].[Ru+2].c1ccc(P(CCP(c2ccccc2)c2ccccc2)c2ccccc2)cc1. The molecule has 0 fully saturated rings. The van der Waals surface area contributed by atoms with Crippen LogP contribution < -0.4 is 31.4 Å². The number of carbonyl (C=O) groups is 2. The van der Waals surface area contributed by atoms with Crippen LogP contribution in [0.5, 0.6) is 0 Å². The summed E-state index contributed by atoms with van der Waals surface area (Å²) in [7, 11) is -0.696. The summed E-state index contributed by atoms with van der Waals surface area (Å²) in [6.07, 6.45) is 2.41. The topological polar surface area (TPSA) is 80.3 Å². The Bertz CT molecular complexity index is 1150. The first-order chi connectivity index (χ1) is 19.8. The van der Waals surface area contributed by atoms with Crippen LogP contribution in [-0.2, 0) is 29.1 Å². The Morgan fingerprint density at radius 3 is 0.767 bits per heavy atom. The third-order valence-electron chi connectivity index (χ3n) is 6.04. The van der Waals surface area contributed by atoms with E-state index in [0.717, 1.165) is 0 Å². The summed E-state index contributed by atoms with van der Waals surface area (Å²) in [5, 5.41) is 25.7. The predicted octanol–water partition coefficient (Wildman–Crippen LogP) is 4.81. The fraction of sp³-hybridized carbons (Fsp3) is 0.278. The van der Waals surface area contributed by atoms with Crippen molar-refractivity contribution in [1.82, 2.24) is 0 Å². The van der Waals surface area contributed by atoms with Crippen molar-refractivity contribution in [3.05, 3.63) is 121 Å². The quantitative estimate of drug-likeness (QED) is 0.205. The van der Waals surface area contributed by atoms with E-state index in [2.05, 4.69) is 121 Å². The molecular weight excluding hydrogens is 659 g/mol. The van der Waals surface area contributed by atoms with Crippen LogP contribution in [-0.4, -0.2) is 24.3 Å². The Morgan fingerprint density at radius 1 is 0.465 bits per heavy atom. The molecule has 0 bridgehead atoms. The maximum atomic E-state index is 9.91. The molecule has 0 saturated heterocycles. The minimum absolute atomic E-state index is 0. The first-order valence-electron chi connectivity index (χ1n) is 14.0. The van der Waals surface area contributed by atoms with E-state index in [9.17, 15) is 19.8 Å². The molecule has 0 spiro atoms. The van der Waals surface area contributed by atoms with Gasteiger partial charge in [0.2, 0.25) is 0 Å². The second-order valence-corrected chi connectivity index (χ2v) is 16.4. The second kappa shape index (κ2) is 18.9.